The van der Waals surface area contributed by atoms with Gasteiger partial charge in [0.1, 0.15) is 12.3 Å². The van der Waals surface area contributed by atoms with Crippen molar-refractivity contribution in [3.63, 3.8) is 0 Å². The van der Waals surface area contributed by atoms with Gasteiger partial charge in [-0.2, -0.15) is 0 Å². The number of benzene rings is 2. The first-order chi connectivity index (χ1) is 12.2. The van der Waals surface area contributed by atoms with E-state index in [0.717, 1.165) is 44.2 Å². The molecule has 1 fully saturated rings. The molecule has 0 aliphatic carbocycles. The normalized spacial score (nSPS) is 15.2. The molecule has 1 saturated heterocycles. The first-order valence-electron chi connectivity index (χ1n) is 8.70. The molecule has 1 N–H and O–H groups in total. The lowest BCUT2D eigenvalue weighted by molar-refractivity contribution is -0.914. The Labute approximate surface area is 147 Å². The van der Waals surface area contributed by atoms with Crippen LogP contribution in [0.15, 0.2) is 48.5 Å². The molecule has 1 heterocycles. The summed E-state index contributed by atoms with van der Waals surface area (Å²) < 4.78 is 5.48. The lowest BCUT2D eigenvalue weighted by atomic mass is 10.2. The largest absolute Gasteiger partial charge is 0.494 e. The van der Waals surface area contributed by atoms with Crippen LogP contribution in [0.4, 0.5) is 11.4 Å². The number of hydrogen-bond donors (Lipinski definition) is 1. The Kier molecular flexibility index (Phi) is 5.50. The predicted molar refractivity (Wildman–Crippen MR) is 97.3 cm³/mol. The summed E-state index contributed by atoms with van der Waals surface area (Å²) in [6.45, 7) is 7.74. The zero-order valence-electron chi connectivity index (χ0n) is 14.5. The summed E-state index contributed by atoms with van der Waals surface area (Å²) in [5.74, 6) is 0.921. The van der Waals surface area contributed by atoms with Crippen LogP contribution in [-0.2, 0) is 6.54 Å². The third-order valence-electron chi connectivity index (χ3n) is 4.58. The van der Waals surface area contributed by atoms with Crippen molar-refractivity contribution in [2.75, 3.05) is 37.7 Å². The van der Waals surface area contributed by atoms with E-state index in [9.17, 15) is 10.1 Å². The van der Waals surface area contributed by atoms with Crippen molar-refractivity contribution >= 4 is 11.4 Å². The summed E-state index contributed by atoms with van der Waals surface area (Å²) in [7, 11) is 0. The van der Waals surface area contributed by atoms with E-state index >= 15 is 0 Å². The number of non-ortho nitro benzene ring substituents is 1. The van der Waals surface area contributed by atoms with Crippen LogP contribution < -0.4 is 14.5 Å². The van der Waals surface area contributed by atoms with Crippen molar-refractivity contribution in [2.45, 2.75) is 13.5 Å². The molecule has 0 unspecified atom stereocenters. The van der Waals surface area contributed by atoms with E-state index in [4.69, 9.17) is 4.74 Å². The molecule has 0 amide bonds. The Balaban J connectivity index is 1.52. The first-order valence-corrected chi connectivity index (χ1v) is 8.70. The van der Waals surface area contributed by atoms with E-state index < -0.39 is 0 Å². The van der Waals surface area contributed by atoms with Crippen molar-refractivity contribution in [1.29, 1.82) is 0 Å². The highest BCUT2D eigenvalue weighted by atomic mass is 16.6. The van der Waals surface area contributed by atoms with Crippen LogP contribution in [0.2, 0.25) is 0 Å². The number of rotatable bonds is 6. The lowest BCUT2D eigenvalue weighted by Gasteiger charge is -2.33. The van der Waals surface area contributed by atoms with Gasteiger partial charge in [0.2, 0.25) is 0 Å². The number of quaternary nitrogens is 1. The summed E-state index contributed by atoms with van der Waals surface area (Å²) in [6, 6.07) is 15.2. The molecule has 0 radical (unpaired) electrons. The zero-order chi connectivity index (χ0) is 17.6. The molecule has 6 heteroatoms. The molecule has 6 nitrogen and oxygen atoms in total. The zero-order valence-corrected chi connectivity index (χ0v) is 14.5. The maximum absolute atomic E-state index is 10.7. The van der Waals surface area contributed by atoms with Gasteiger partial charge < -0.3 is 14.5 Å². The molecule has 1 aliphatic rings. The molecule has 0 bridgehead atoms. The van der Waals surface area contributed by atoms with Gasteiger partial charge in [-0.15, -0.1) is 0 Å². The van der Waals surface area contributed by atoms with Crippen LogP contribution in [0.3, 0.4) is 0 Å². The molecule has 132 valence electrons. The van der Waals surface area contributed by atoms with Crippen LogP contribution >= 0.6 is 0 Å². The van der Waals surface area contributed by atoms with Gasteiger partial charge in [-0.05, 0) is 43.3 Å². The third-order valence-corrected chi connectivity index (χ3v) is 4.58. The van der Waals surface area contributed by atoms with E-state index in [1.807, 2.05) is 31.2 Å². The summed E-state index contributed by atoms with van der Waals surface area (Å²) in [6.07, 6.45) is 0. The standard InChI is InChI=1S/C19H23N3O3/c1-2-25-19-9-3-16(4-10-19)15-20-11-13-21(14-12-20)17-5-7-18(8-6-17)22(23)24/h3-10H,2,11-15H2,1H3/p+1. The SMILES string of the molecule is CCOc1ccc(C[NH+]2CCN(c3ccc([N+](=O)[O-])cc3)CC2)cc1. The minimum Gasteiger partial charge on any atom is -0.494 e. The molecule has 2 aromatic rings. The van der Waals surface area contributed by atoms with E-state index in [2.05, 4.69) is 17.0 Å². The highest BCUT2D eigenvalue weighted by Gasteiger charge is 2.20. The number of anilines is 1. The average Bonchev–Trinajstić information content (AvgIpc) is 2.64. The fraction of sp³-hybridized carbons (Fsp3) is 0.368. The summed E-state index contributed by atoms with van der Waals surface area (Å²) in [5, 5.41) is 10.7. The number of nitro groups is 1. The van der Waals surface area contributed by atoms with Crippen molar-refractivity contribution in [2.24, 2.45) is 0 Å². The minimum absolute atomic E-state index is 0.142. The minimum atomic E-state index is -0.358. The summed E-state index contributed by atoms with van der Waals surface area (Å²) in [5.41, 5.74) is 2.52. The second-order valence-corrected chi connectivity index (χ2v) is 6.26. The Morgan fingerprint density at radius 3 is 2.28 bits per heavy atom. The maximum atomic E-state index is 10.7. The van der Waals surface area contributed by atoms with Gasteiger partial charge in [-0.1, -0.05) is 0 Å². The van der Waals surface area contributed by atoms with Gasteiger partial charge in [0.05, 0.1) is 37.7 Å². The van der Waals surface area contributed by atoms with Crippen molar-refractivity contribution in [3.8, 4) is 5.75 Å². The smallest absolute Gasteiger partial charge is 0.269 e. The summed E-state index contributed by atoms with van der Waals surface area (Å²) in [4.78, 5) is 14.2. The summed E-state index contributed by atoms with van der Waals surface area (Å²) >= 11 is 0. The van der Waals surface area contributed by atoms with Gasteiger partial charge in [-0.25, -0.2) is 0 Å². The number of piperazine rings is 1. The highest BCUT2D eigenvalue weighted by molar-refractivity contribution is 5.51. The van der Waals surface area contributed by atoms with E-state index in [0.29, 0.717) is 6.61 Å². The number of ether oxygens (including phenoxy) is 1. The van der Waals surface area contributed by atoms with Crippen LogP contribution in [0.1, 0.15) is 12.5 Å². The average molecular weight is 342 g/mol. The lowest BCUT2D eigenvalue weighted by Crippen LogP contribution is -3.13. The second-order valence-electron chi connectivity index (χ2n) is 6.26. The molecule has 1 aliphatic heterocycles. The van der Waals surface area contributed by atoms with Crippen LogP contribution in [0.5, 0.6) is 5.75 Å². The fourth-order valence-corrected chi connectivity index (χ4v) is 3.20. The second kappa shape index (κ2) is 7.98. The Hall–Kier alpha value is -2.60. The van der Waals surface area contributed by atoms with Gasteiger partial charge >= 0.3 is 0 Å². The van der Waals surface area contributed by atoms with Crippen molar-refractivity contribution < 1.29 is 14.6 Å². The molecule has 3 rings (SSSR count). The number of nitrogens with one attached hydrogen (secondary N) is 1. The van der Waals surface area contributed by atoms with E-state index in [-0.39, 0.29) is 10.6 Å². The quantitative estimate of drug-likeness (QED) is 0.643. The predicted octanol–water partition coefficient (Wildman–Crippen LogP) is 1.90. The van der Waals surface area contributed by atoms with Crippen LogP contribution in [0, 0.1) is 10.1 Å². The Bertz CT molecular complexity index is 693. The van der Waals surface area contributed by atoms with E-state index in [1.165, 1.54) is 5.56 Å². The Morgan fingerprint density at radius 2 is 1.72 bits per heavy atom. The molecule has 0 saturated carbocycles. The third kappa shape index (κ3) is 4.48. The van der Waals surface area contributed by atoms with E-state index in [1.54, 1.807) is 17.0 Å². The molecule has 25 heavy (non-hydrogen) atoms. The molecule has 0 atom stereocenters. The Morgan fingerprint density at radius 1 is 1.08 bits per heavy atom. The monoisotopic (exact) mass is 342 g/mol. The topological polar surface area (TPSA) is 60.0 Å². The molecule has 0 aromatic heterocycles. The van der Waals surface area contributed by atoms with Gasteiger partial charge in [0.25, 0.3) is 5.69 Å². The molecule has 2 aromatic carbocycles. The van der Waals surface area contributed by atoms with Crippen LogP contribution in [0.25, 0.3) is 0 Å². The number of nitrogens with zero attached hydrogens (tertiary/aromatic N) is 2. The van der Waals surface area contributed by atoms with Gasteiger partial charge in [-0.3, -0.25) is 10.1 Å². The maximum Gasteiger partial charge on any atom is 0.269 e. The molecule has 0 spiro atoms. The number of hydrogen-bond acceptors (Lipinski definition) is 4. The van der Waals surface area contributed by atoms with Crippen molar-refractivity contribution in [3.05, 3.63) is 64.2 Å². The first kappa shape index (κ1) is 17.2. The highest BCUT2D eigenvalue weighted by Crippen LogP contribution is 2.19. The number of nitro benzene ring substituents is 1. The van der Waals surface area contributed by atoms with Gasteiger partial charge in [0, 0.05) is 23.4 Å². The molecular weight excluding hydrogens is 318 g/mol. The van der Waals surface area contributed by atoms with Crippen LogP contribution in [-0.4, -0.2) is 37.7 Å². The van der Waals surface area contributed by atoms with Crippen molar-refractivity contribution in [1.82, 2.24) is 0 Å². The van der Waals surface area contributed by atoms with Gasteiger partial charge in [0.15, 0.2) is 0 Å². The fourth-order valence-electron chi connectivity index (χ4n) is 3.20. The molecular formula is C19H24N3O3+.